The van der Waals surface area contributed by atoms with Crippen LogP contribution in [0, 0.1) is 5.92 Å². The molecule has 0 saturated heterocycles. The van der Waals surface area contributed by atoms with E-state index in [-0.39, 0.29) is 22.5 Å². The number of methoxy groups -OCH3 is 2. The van der Waals surface area contributed by atoms with Gasteiger partial charge in [0.15, 0.2) is 11.3 Å². The Hall–Kier alpha value is -3.74. The second kappa shape index (κ2) is 17.9. The minimum Gasteiger partial charge on any atom is -0.504 e. The molecule has 4 rings (SSSR count). The number of carboxylic acids is 1. The second-order valence-electron chi connectivity index (χ2n) is 10.9. The fourth-order valence-electron chi connectivity index (χ4n) is 5.36. The topological polar surface area (TPSA) is 106 Å². The molecule has 0 spiro atoms. The molecule has 2 aromatic carbocycles. The highest BCUT2D eigenvalue weighted by Gasteiger charge is 2.15. The molecular weight excluding hydrogens is 532 g/mol. The maximum absolute atomic E-state index is 12.6. The number of ether oxygens (including phenoxy) is 2. The van der Waals surface area contributed by atoms with Gasteiger partial charge in [0.2, 0.25) is 11.2 Å². The normalized spacial score (nSPS) is 14.0. The predicted octanol–water partition coefficient (Wildman–Crippen LogP) is 8.90. The fraction of sp³-hybridized carbons (Fsp3) is 0.486. The summed E-state index contributed by atoms with van der Waals surface area (Å²) in [4.78, 5) is 23.0. The average molecular weight is 579 g/mol. The Morgan fingerprint density at radius 2 is 1.52 bits per heavy atom. The number of rotatable bonds is 16. The summed E-state index contributed by atoms with van der Waals surface area (Å²) in [5.41, 5.74) is 1.20. The maximum Gasteiger partial charge on any atom is 0.303 e. The lowest BCUT2D eigenvalue weighted by Gasteiger charge is -2.08. The zero-order valence-electron chi connectivity index (χ0n) is 25.1. The summed E-state index contributed by atoms with van der Waals surface area (Å²) < 4.78 is 15.7. The maximum atomic E-state index is 12.6. The standard InChI is InChI=1S/C18H32O2.C17H14O5/c19-18(20)16-10-8-6-4-2-1-3-5-7-9-13-17-14-11-12-15-17;1-20-11-5-3-10(4-6-11)13-9-22-16-12(15(13)19)7-8-14(18)17(16)21-2/h11,14,17H,1-10,12-13,15-16H2,(H,19,20);3-9,18H,1-2H3. The van der Waals surface area contributed by atoms with Crippen LogP contribution in [0.2, 0.25) is 0 Å². The summed E-state index contributed by atoms with van der Waals surface area (Å²) in [7, 11) is 2.99. The monoisotopic (exact) mass is 578 g/mol. The number of hydrogen-bond donors (Lipinski definition) is 2. The van der Waals surface area contributed by atoms with E-state index in [4.69, 9.17) is 19.0 Å². The lowest BCUT2D eigenvalue weighted by atomic mass is 9.99. The van der Waals surface area contributed by atoms with E-state index in [0.29, 0.717) is 23.1 Å². The van der Waals surface area contributed by atoms with Gasteiger partial charge in [-0.2, -0.15) is 0 Å². The largest absolute Gasteiger partial charge is 0.504 e. The highest BCUT2D eigenvalue weighted by molar-refractivity contribution is 5.88. The van der Waals surface area contributed by atoms with E-state index in [1.807, 2.05) is 0 Å². The summed E-state index contributed by atoms with van der Waals surface area (Å²) in [6.45, 7) is 0. The van der Waals surface area contributed by atoms with Gasteiger partial charge in [0.25, 0.3) is 0 Å². The zero-order chi connectivity index (χ0) is 30.2. The molecule has 1 heterocycles. The first-order chi connectivity index (χ1) is 20.4. The van der Waals surface area contributed by atoms with Crippen LogP contribution in [-0.2, 0) is 4.79 Å². The molecule has 0 saturated carbocycles. The number of fused-ring (bicyclic) bond motifs is 1. The van der Waals surface area contributed by atoms with Gasteiger partial charge in [0, 0.05) is 6.42 Å². The number of aliphatic carboxylic acids is 1. The Labute approximate surface area is 249 Å². The van der Waals surface area contributed by atoms with Crippen LogP contribution in [0.15, 0.2) is 64.0 Å². The van der Waals surface area contributed by atoms with Crippen molar-refractivity contribution < 1.29 is 28.9 Å². The highest BCUT2D eigenvalue weighted by Crippen LogP contribution is 2.34. The minimum atomic E-state index is -0.655. The van der Waals surface area contributed by atoms with E-state index in [9.17, 15) is 14.7 Å². The summed E-state index contributed by atoms with van der Waals surface area (Å²) in [6, 6.07) is 10.1. The van der Waals surface area contributed by atoms with Crippen molar-refractivity contribution in [1.82, 2.24) is 0 Å². The van der Waals surface area contributed by atoms with Crippen molar-refractivity contribution in [2.24, 2.45) is 5.92 Å². The summed E-state index contributed by atoms with van der Waals surface area (Å²) in [5.74, 6) is 1.02. The minimum absolute atomic E-state index is 0.0738. The van der Waals surface area contributed by atoms with E-state index in [2.05, 4.69) is 12.2 Å². The van der Waals surface area contributed by atoms with Crippen LogP contribution in [-0.4, -0.2) is 30.4 Å². The number of carbonyl (C=O) groups is 1. The van der Waals surface area contributed by atoms with Crippen LogP contribution in [0.25, 0.3) is 22.1 Å². The van der Waals surface area contributed by atoms with Crippen molar-refractivity contribution in [1.29, 1.82) is 0 Å². The van der Waals surface area contributed by atoms with Crippen LogP contribution in [0.1, 0.15) is 89.9 Å². The molecule has 0 amide bonds. The van der Waals surface area contributed by atoms with E-state index in [0.717, 1.165) is 24.3 Å². The Balaban J connectivity index is 0.000000232. The summed E-state index contributed by atoms with van der Waals surface area (Å²) >= 11 is 0. The quantitative estimate of drug-likeness (QED) is 0.129. The number of unbranched alkanes of at least 4 members (excludes halogenated alkanes) is 9. The number of phenols is 1. The SMILES string of the molecule is COc1ccc(-c2coc3c(OC)c(O)ccc3c2=O)cc1.O=C(O)CCCCCCCCCCCCC1C=CCC1. The van der Waals surface area contributed by atoms with Crippen molar-refractivity contribution in [2.75, 3.05) is 14.2 Å². The number of allylic oxidation sites excluding steroid dienone is 2. The molecule has 228 valence electrons. The number of phenolic OH excluding ortho intramolecular Hbond substituents is 1. The Bertz CT molecular complexity index is 1320. The van der Waals surface area contributed by atoms with Gasteiger partial charge < -0.3 is 24.1 Å². The highest BCUT2D eigenvalue weighted by atomic mass is 16.5. The molecule has 7 nitrogen and oxygen atoms in total. The molecule has 1 atom stereocenters. The first-order valence-electron chi connectivity index (χ1n) is 15.3. The van der Waals surface area contributed by atoms with E-state index < -0.39 is 5.97 Å². The molecule has 0 radical (unpaired) electrons. The second-order valence-corrected chi connectivity index (χ2v) is 10.9. The Kier molecular flexibility index (Phi) is 14.0. The molecule has 2 N–H and O–H groups in total. The number of carboxylic acid groups (broad SMARTS) is 1. The molecule has 1 aliphatic rings. The number of hydrogen-bond acceptors (Lipinski definition) is 6. The van der Waals surface area contributed by atoms with Crippen molar-refractivity contribution >= 4 is 16.9 Å². The summed E-state index contributed by atoms with van der Waals surface area (Å²) in [6.07, 6.45) is 23.3. The lowest BCUT2D eigenvalue weighted by Crippen LogP contribution is -2.05. The summed E-state index contributed by atoms with van der Waals surface area (Å²) in [5, 5.41) is 18.6. The molecule has 1 unspecified atom stereocenters. The number of benzene rings is 2. The van der Waals surface area contributed by atoms with E-state index >= 15 is 0 Å². The van der Waals surface area contributed by atoms with Crippen LogP contribution in [0.5, 0.6) is 17.2 Å². The molecule has 1 aromatic heterocycles. The molecule has 0 aliphatic heterocycles. The third-order valence-electron chi connectivity index (χ3n) is 7.81. The van der Waals surface area contributed by atoms with E-state index in [1.54, 1.807) is 31.4 Å². The van der Waals surface area contributed by atoms with Crippen molar-refractivity contribution in [2.45, 2.75) is 89.9 Å². The van der Waals surface area contributed by atoms with Crippen molar-refractivity contribution in [3.8, 4) is 28.4 Å². The van der Waals surface area contributed by atoms with Crippen LogP contribution in [0.3, 0.4) is 0 Å². The first kappa shape index (κ1) is 32.8. The smallest absolute Gasteiger partial charge is 0.303 e. The number of aromatic hydroxyl groups is 1. The average Bonchev–Trinajstić information content (AvgIpc) is 3.52. The van der Waals surface area contributed by atoms with Gasteiger partial charge in [-0.3, -0.25) is 9.59 Å². The fourth-order valence-corrected chi connectivity index (χ4v) is 5.36. The Morgan fingerprint density at radius 3 is 2.10 bits per heavy atom. The van der Waals surface area contributed by atoms with Gasteiger partial charge in [0.05, 0.1) is 25.2 Å². The van der Waals surface area contributed by atoms with Crippen LogP contribution in [0.4, 0.5) is 0 Å². The molecule has 0 bridgehead atoms. The van der Waals surface area contributed by atoms with Gasteiger partial charge in [-0.15, -0.1) is 0 Å². The van der Waals surface area contributed by atoms with Gasteiger partial charge in [-0.25, -0.2) is 0 Å². The molecular formula is C35H46O7. The zero-order valence-corrected chi connectivity index (χ0v) is 25.1. The third-order valence-corrected chi connectivity index (χ3v) is 7.81. The van der Waals surface area contributed by atoms with Crippen LogP contribution < -0.4 is 14.9 Å². The molecule has 0 fully saturated rings. The molecule has 1 aliphatic carbocycles. The van der Waals surface area contributed by atoms with Crippen molar-refractivity contribution in [3.63, 3.8) is 0 Å². The predicted molar refractivity (Wildman–Crippen MR) is 168 cm³/mol. The van der Waals surface area contributed by atoms with Gasteiger partial charge >= 0.3 is 5.97 Å². The molecule has 7 heteroatoms. The van der Waals surface area contributed by atoms with Crippen LogP contribution >= 0.6 is 0 Å². The Morgan fingerprint density at radius 1 is 0.881 bits per heavy atom. The first-order valence-corrected chi connectivity index (χ1v) is 15.3. The van der Waals surface area contributed by atoms with E-state index in [1.165, 1.54) is 96.1 Å². The molecule has 3 aromatic rings. The molecule has 42 heavy (non-hydrogen) atoms. The van der Waals surface area contributed by atoms with Crippen molar-refractivity contribution in [3.05, 3.63) is 65.0 Å². The van der Waals surface area contributed by atoms with Gasteiger partial charge in [0.1, 0.15) is 12.0 Å². The lowest BCUT2D eigenvalue weighted by molar-refractivity contribution is -0.137. The van der Waals surface area contributed by atoms with Gasteiger partial charge in [-0.1, -0.05) is 82.1 Å². The third kappa shape index (κ3) is 10.3. The van der Waals surface area contributed by atoms with Gasteiger partial charge in [-0.05, 0) is 61.4 Å².